The van der Waals surface area contributed by atoms with Crippen LogP contribution in [0.25, 0.3) is 0 Å². The van der Waals surface area contributed by atoms with E-state index in [9.17, 15) is 4.79 Å². The molecule has 2 N–H and O–H groups in total. The Labute approximate surface area is 110 Å². The summed E-state index contributed by atoms with van der Waals surface area (Å²) in [6, 6.07) is 4.11. The number of nitrogens with one attached hydrogen (secondary N) is 1. The number of thioether (sulfide) groups is 1. The normalized spacial score (nSPS) is 16.8. The molecule has 3 nitrogen and oxygen atoms in total. The molecule has 5 heteroatoms. The second kappa shape index (κ2) is 5.89. The number of hydrogen-bond acceptors (Lipinski definition) is 4. The zero-order chi connectivity index (χ0) is 12.1. The first kappa shape index (κ1) is 12.9. The van der Waals surface area contributed by atoms with Crippen LogP contribution in [0.5, 0.6) is 0 Å². The van der Waals surface area contributed by atoms with Crippen molar-refractivity contribution in [3.05, 3.63) is 22.4 Å². The van der Waals surface area contributed by atoms with Crippen LogP contribution in [0.3, 0.4) is 0 Å². The van der Waals surface area contributed by atoms with Gasteiger partial charge in [-0.15, -0.1) is 23.1 Å². The van der Waals surface area contributed by atoms with E-state index in [1.54, 1.807) is 23.1 Å². The number of amides is 1. The van der Waals surface area contributed by atoms with E-state index >= 15 is 0 Å². The van der Waals surface area contributed by atoms with Gasteiger partial charge < -0.3 is 10.4 Å². The molecule has 94 valence electrons. The van der Waals surface area contributed by atoms with E-state index in [4.69, 9.17) is 5.11 Å². The fraction of sp³-hybridized carbons (Fsp3) is 0.583. The molecule has 0 atom stereocenters. The van der Waals surface area contributed by atoms with Crippen LogP contribution in [0.4, 0.5) is 0 Å². The van der Waals surface area contributed by atoms with Crippen molar-refractivity contribution < 1.29 is 9.90 Å². The van der Waals surface area contributed by atoms with Crippen LogP contribution in [0, 0.1) is 5.41 Å². The molecule has 17 heavy (non-hydrogen) atoms. The molecule has 0 bridgehead atoms. The van der Waals surface area contributed by atoms with E-state index in [-0.39, 0.29) is 17.9 Å². The van der Waals surface area contributed by atoms with Gasteiger partial charge in [0, 0.05) is 22.6 Å². The monoisotopic (exact) mass is 271 g/mol. The fourth-order valence-corrected chi connectivity index (χ4v) is 3.24. The zero-order valence-electron chi connectivity index (χ0n) is 9.65. The molecular formula is C12H17NO2S2. The lowest BCUT2D eigenvalue weighted by Crippen LogP contribution is -2.32. The van der Waals surface area contributed by atoms with Crippen LogP contribution < -0.4 is 5.32 Å². The minimum absolute atomic E-state index is 0.00801. The predicted octanol–water partition coefficient (Wildman–Crippen LogP) is 1.87. The van der Waals surface area contributed by atoms with Crippen molar-refractivity contribution in [3.8, 4) is 0 Å². The lowest BCUT2D eigenvalue weighted by molar-refractivity contribution is -0.118. The van der Waals surface area contributed by atoms with Crippen LogP contribution in [0.2, 0.25) is 0 Å². The molecule has 0 unspecified atom stereocenters. The van der Waals surface area contributed by atoms with Gasteiger partial charge in [-0.1, -0.05) is 6.07 Å². The molecule has 1 aromatic rings. The molecular weight excluding hydrogens is 254 g/mol. The molecule has 1 aromatic heterocycles. The summed E-state index contributed by atoms with van der Waals surface area (Å²) in [6.07, 6.45) is 2.07. The molecule has 1 fully saturated rings. The van der Waals surface area contributed by atoms with Gasteiger partial charge in [-0.2, -0.15) is 0 Å². The summed E-state index contributed by atoms with van der Waals surface area (Å²) >= 11 is 3.35. The molecule has 1 heterocycles. The van der Waals surface area contributed by atoms with Gasteiger partial charge in [-0.25, -0.2) is 0 Å². The van der Waals surface area contributed by atoms with Crippen molar-refractivity contribution in [2.45, 2.75) is 18.6 Å². The second-order valence-electron chi connectivity index (χ2n) is 4.51. The van der Waals surface area contributed by atoms with E-state index in [2.05, 4.69) is 11.4 Å². The third-order valence-electron chi connectivity index (χ3n) is 3.01. The third-order valence-corrected chi connectivity index (χ3v) is 5.05. The highest BCUT2D eigenvalue weighted by Gasteiger charge is 2.41. The summed E-state index contributed by atoms with van der Waals surface area (Å²) in [5.74, 6) is 1.47. The molecule has 0 aromatic carbocycles. The molecule has 0 aliphatic heterocycles. The largest absolute Gasteiger partial charge is 0.396 e. The van der Waals surface area contributed by atoms with E-state index in [1.165, 1.54) is 4.88 Å². The Bertz CT molecular complexity index is 361. The Morgan fingerprint density at radius 2 is 2.41 bits per heavy atom. The van der Waals surface area contributed by atoms with Gasteiger partial charge in [-0.05, 0) is 24.3 Å². The number of rotatable bonds is 7. The SMILES string of the molecule is O=C(CSCc1cccs1)NCC1(CO)CC1. The molecule has 0 saturated heterocycles. The van der Waals surface area contributed by atoms with Crippen LogP contribution in [-0.2, 0) is 10.5 Å². The van der Waals surface area contributed by atoms with E-state index in [1.807, 2.05) is 11.4 Å². The molecule has 1 amide bonds. The summed E-state index contributed by atoms with van der Waals surface area (Å²) in [5, 5.41) is 14.1. The van der Waals surface area contributed by atoms with Gasteiger partial charge in [0.25, 0.3) is 0 Å². The second-order valence-corrected chi connectivity index (χ2v) is 6.52. The number of aliphatic hydroxyl groups excluding tert-OH is 1. The van der Waals surface area contributed by atoms with Gasteiger partial charge in [0.2, 0.25) is 5.91 Å². The van der Waals surface area contributed by atoms with Crippen molar-refractivity contribution in [1.29, 1.82) is 0 Å². The van der Waals surface area contributed by atoms with Crippen LogP contribution in [0.1, 0.15) is 17.7 Å². The predicted molar refractivity (Wildman–Crippen MR) is 72.2 cm³/mol. The first-order valence-corrected chi connectivity index (χ1v) is 7.75. The van der Waals surface area contributed by atoms with Crippen molar-refractivity contribution in [2.24, 2.45) is 5.41 Å². The molecule has 1 aliphatic rings. The van der Waals surface area contributed by atoms with Crippen molar-refractivity contribution >= 4 is 29.0 Å². The first-order valence-electron chi connectivity index (χ1n) is 5.72. The number of thiophene rings is 1. The Morgan fingerprint density at radius 1 is 1.59 bits per heavy atom. The topological polar surface area (TPSA) is 49.3 Å². The summed E-state index contributed by atoms with van der Waals surface area (Å²) in [6.45, 7) is 0.817. The maximum absolute atomic E-state index is 11.6. The summed E-state index contributed by atoms with van der Waals surface area (Å²) < 4.78 is 0. The summed E-state index contributed by atoms with van der Waals surface area (Å²) in [5.41, 5.74) is 0.00801. The molecule has 0 spiro atoms. The quantitative estimate of drug-likeness (QED) is 0.796. The lowest BCUT2D eigenvalue weighted by atomic mass is 10.1. The average Bonchev–Trinajstić information content (AvgIpc) is 2.95. The number of hydrogen-bond donors (Lipinski definition) is 2. The van der Waals surface area contributed by atoms with Crippen LogP contribution >= 0.6 is 23.1 Å². The Morgan fingerprint density at radius 3 is 3.00 bits per heavy atom. The van der Waals surface area contributed by atoms with Crippen molar-refractivity contribution in [3.63, 3.8) is 0 Å². The smallest absolute Gasteiger partial charge is 0.230 e. The number of carbonyl (C=O) groups is 1. The third kappa shape index (κ3) is 4.01. The van der Waals surface area contributed by atoms with Gasteiger partial charge in [0.15, 0.2) is 0 Å². The van der Waals surface area contributed by atoms with Crippen LogP contribution in [0.15, 0.2) is 17.5 Å². The molecule has 1 aliphatic carbocycles. The summed E-state index contributed by atoms with van der Waals surface area (Å²) in [4.78, 5) is 12.9. The Balaban J connectivity index is 1.58. The van der Waals surface area contributed by atoms with Gasteiger partial charge in [0.1, 0.15) is 0 Å². The standard InChI is InChI=1S/C12H17NO2S2/c14-9-12(3-4-12)8-13-11(15)7-16-6-10-2-1-5-17-10/h1-2,5,14H,3-4,6-9H2,(H,13,15). The van der Waals surface area contributed by atoms with E-state index in [0.29, 0.717) is 12.3 Å². The lowest BCUT2D eigenvalue weighted by Gasteiger charge is -2.12. The highest BCUT2D eigenvalue weighted by molar-refractivity contribution is 7.99. The highest BCUT2D eigenvalue weighted by Crippen LogP contribution is 2.44. The van der Waals surface area contributed by atoms with Crippen LogP contribution in [-0.4, -0.2) is 29.9 Å². The molecule has 0 radical (unpaired) electrons. The Hall–Kier alpha value is -0.520. The average molecular weight is 271 g/mol. The van der Waals surface area contributed by atoms with Crippen molar-refractivity contribution in [2.75, 3.05) is 18.9 Å². The van der Waals surface area contributed by atoms with E-state index < -0.39 is 0 Å². The van der Waals surface area contributed by atoms with Crippen molar-refractivity contribution in [1.82, 2.24) is 5.32 Å². The van der Waals surface area contributed by atoms with Gasteiger partial charge in [0.05, 0.1) is 12.4 Å². The van der Waals surface area contributed by atoms with Gasteiger partial charge >= 0.3 is 0 Å². The number of carbonyl (C=O) groups excluding carboxylic acids is 1. The number of aliphatic hydroxyl groups is 1. The molecule has 1 saturated carbocycles. The van der Waals surface area contributed by atoms with Gasteiger partial charge in [-0.3, -0.25) is 4.79 Å². The minimum Gasteiger partial charge on any atom is -0.396 e. The highest BCUT2D eigenvalue weighted by atomic mass is 32.2. The fourth-order valence-electron chi connectivity index (χ4n) is 1.54. The van der Waals surface area contributed by atoms with E-state index in [0.717, 1.165) is 18.6 Å². The maximum Gasteiger partial charge on any atom is 0.230 e. The summed E-state index contributed by atoms with van der Waals surface area (Å²) in [7, 11) is 0. The minimum atomic E-state index is 0.00801. The zero-order valence-corrected chi connectivity index (χ0v) is 11.3. The Kier molecular flexibility index (Phi) is 4.48. The first-order chi connectivity index (χ1) is 8.24. The maximum atomic E-state index is 11.6. The molecule has 2 rings (SSSR count).